The van der Waals surface area contributed by atoms with Crippen molar-refractivity contribution in [1.29, 1.82) is 0 Å². The molecule has 9 heteroatoms. The molecule has 2 amide bonds. The highest BCUT2D eigenvalue weighted by Crippen LogP contribution is 2.22. The zero-order chi connectivity index (χ0) is 27.0. The van der Waals surface area contributed by atoms with Gasteiger partial charge in [0.05, 0.1) is 11.9 Å². The molecular formula is C28H37N3O5S. The van der Waals surface area contributed by atoms with Crippen molar-refractivity contribution in [3.8, 4) is 0 Å². The number of anilines is 1. The van der Waals surface area contributed by atoms with Gasteiger partial charge >= 0.3 is 0 Å². The maximum atomic E-state index is 13.7. The highest BCUT2D eigenvalue weighted by Gasteiger charge is 2.32. The van der Waals surface area contributed by atoms with Gasteiger partial charge in [-0.05, 0) is 50.3 Å². The standard InChI is InChI=1S/C28H37N3O5S/c1-4-26(28(34)29-24-14-8-9-15-24)30(18-17-22-11-6-5-7-12-22)27(33)20-31(37(3,35)36)25-16-10-13-23(19-25)21(2)32/h5-7,10-13,16,19,24,26H,4,8-9,14-15,17-18,20H2,1-3H3,(H,29,34). The van der Waals surface area contributed by atoms with E-state index in [1.807, 2.05) is 37.3 Å². The molecule has 2 aromatic carbocycles. The molecule has 1 saturated carbocycles. The molecule has 1 aliphatic carbocycles. The predicted octanol–water partition coefficient (Wildman–Crippen LogP) is 3.56. The van der Waals surface area contributed by atoms with Gasteiger partial charge in [-0.15, -0.1) is 0 Å². The fourth-order valence-electron chi connectivity index (χ4n) is 4.76. The van der Waals surface area contributed by atoms with Gasteiger partial charge in [0.2, 0.25) is 21.8 Å². The van der Waals surface area contributed by atoms with E-state index in [0.29, 0.717) is 18.4 Å². The first-order valence-electron chi connectivity index (χ1n) is 12.8. The van der Waals surface area contributed by atoms with Crippen LogP contribution in [0.2, 0.25) is 0 Å². The second kappa shape index (κ2) is 12.9. The predicted molar refractivity (Wildman–Crippen MR) is 145 cm³/mol. The molecular weight excluding hydrogens is 490 g/mol. The molecule has 200 valence electrons. The van der Waals surface area contributed by atoms with Gasteiger partial charge in [0.1, 0.15) is 12.6 Å². The number of hydrogen-bond acceptors (Lipinski definition) is 5. The fourth-order valence-corrected chi connectivity index (χ4v) is 5.60. The van der Waals surface area contributed by atoms with E-state index in [0.717, 1.165) is 41.8 Å². The summed E-state index contributed by atoms with van der Waals surface area (Å²) in [5, 5.41) is 3.10. The Hall–Kier alpha value is -3.20. The molecule has 8 nitrogen and oxygen atoms in total. The molecule has 1 fully saturated rings. The second-order valence-electron chi connectivity index (χ2n) is 9.61. The summed E-state index contributed by atoms with van der Waals surface area (Å²) < 4.78 is 26.5. The first kappa shape index (κ1) is 28.4. The number of carbonyl (C=O) groups is 3. The smallest absolute Gasteiger partial charge is 0.244 e. The topological polar surface area (TPSA) is 104 Å². The fraction of sp³-hybridized carbons (Fsp3) is 0.464. The van der Waals surface area contributed by atoms with Gasteiger partial charge in [-0.2, -0.15) is 0 Å². The molecule has 1 atom stereocenters. The molecule has 0 saturated heterocycles. The van der Waals surface area contributed by atoms with E-state index in [-0.39, 0.29) is 30.0 Å². The Balaban J connectivity index is 1.89. The summed E-state index contributed by atoms with van der Waals surface area (Å²) in [5.74, 6) is -0.885. The number of hydrogen-bond donors (Lipinski definition) is 1. The van der Waals surface area contributed by atoms with Crippen LogP contribution in [-0.4, -0.2) is 62.3 Å². The number of nitrogens with zero attached hydrogens (tertiary/aromatic N) is 2. The summed E-state index contributed by atoms with van der Waals surface area (Å²) in [4.78, 5) is 40.4. The van der Waals surface area contributed by atoms with Gasteiger partial charge in [0.15, 0.2) is 5.78 Å². The first-order valence-corrected chi connectivity index (χ1v) is 14.7. The van der Waals surface area contributed by atoms with Gasteiger partial charge in [0.25, 0.3) is 0 Å². The van der Waals surface area contributed by atoms with Crippen molar-refractivity contribution in [2.75, 3.05) is 23.7 Å². The maximum absolute atomic E-state index is 13.7. The number of amides is 2. The van der Waals surface area contributed by atoms with Crippen LogP contribution < -0.4 is 9.62 Å². The minimum Gasteiger partial charge on any atom is -0.352 e. The van der Waals surface area contributed by atoms with Gasteiger partial charge in [0, 0.05) is 18.2 Å². The number of nitrogens with one attached hydrogen (secondary N) is 1. The Kier molecular flexibility index (Phi) is 9.86. The van der Waals surface area contributed by atoms with Crippen molar-refractivity contribution in [3.63, 3.8) is 0 Å². The van der Waals surface area contributed by atoms with Crippen molar-refractivity contribution >= 4 is 33.3 Å². The van der Waals surface area contributed by atoms with Crippen molar-refractivity contribution in [1.82, 2.24) is 10.2 Å². The average molecular weight is 528 g/mol. The molecule has 1 N–H and O–H groups in total. The number of sulfonamides is 1. The quantitative estimate of drug-likeness (QED) is 0.425. The lowest BCUT2D eigenvalue weighted by atomic mass is 10.1. The molecule has 2 aromatic rings. The van der Waals surface area contributed by atoms with Crippen LogP contribution >= 0.6 is 0 Å². The van der Waals surface area contributed by atoms with E-state index < -0.39 is 28.5 Å². The Morgan fingerprint density at radius 2 is 1.70 bits per heavy atom. The van der Waals surface area contributed by atoms with E-state index in [2.05, 4.69) is 5.32 Å². The third-order valence-electron chi connectivity index (χ3n) is 6.79. The van der Waals surface area contributed by atoms with Crippen LogP contribution in [0.4, 0.5) is 5.69 Å². The summed E-state index contributed by atoms with van der Waals surface area (Å²) in [6, 6.07) is 15.3. The SMILES string of the molecule is CCC(C(=O)NC1CCCC1)N(CCc1ccccc1)C(=O)CN(c1cccc(C(C)=O)c1)S(C)(=O)=O. The Labute approximate surface area is 220 Å². The summed E-state index contributed by atoms with van der Waals surface area (Å²) in [6.07, 6.45) is 5.94. The van der Waals surface area contributed by atoms with Gasteiger partial charge in [-0.25, -0.2) is 8.42 Å². The average Bonchev–Trinajstić information content (AvgIpc) is 3.37. The molecule has 0 aromatic heterocycles. The summed E-state index contributed by atoms with van der Waals surface area (Å²) in [5.41, 5.74) is 1.59. The number of benzene rings is 2. The van der Waals surface area contributed by atoms with E-state index in [9.17, 15) is 22.8 Å². The minimum absolute atomic E-state index is 0.106. The molecule has 0 radical (unpaired) electrons. The molecule has 0 bridgehead atoms. The molecule has 0 heterocycles. The lowest BCUT2D eigenvalue weighted by Gasteiger charge is -2.33. The molecule has 1 unspecified atom stereocenters. The van der Waals surface area contributed by atoms with Gasteiger partial charge in [-0.1, -0.05) is 62.2 Å². The van der Waals surface area contributed by atoms with Gasteiger partial charge < -0.3 is 10.2 Å². The largest absolute Gasteiger partial charge is 0.352 e. The zero-order valence-electron chi connectivity index (χ0n) is 21.9. The zero-order valence-corrected chi connectivity index (χ0v) is 22.7. The van der Waals surface area contributed by atoms with E-state index in [1.54, 1.807) is 18.2 Å². The van der Waals surface area contributed by atoms with Gasteiger partial charge in [-0.3, -0.25) is 18.7 Å². The van der Waals surface area contributed by atoms with Crippen LogP contribution in [0.3, 0.4) is 0 Å². The van der Waals surface area contributed by atoms with Crippen LogP contribution in [0.5, 0.6) is 0 Å². The summed E-state index contributed by atoms with van der Waals surface area (Å²) in [6.45, 7) is 3.05. The first-order chi connectivity index (χ1) is 17.6. The second-order valence-corrected chi connectivity index (χ2v) is 11.5. The monoisotopic (exact) mass is 527 g/mol. The van der Waals surface area contributed by atoms with Crippen molar-refractivity contribution < 1.29 is 22.8 Å². The highest BCUT2D eigenvalue weighted by molar-refractivity contribution is 7.92. The molecule has 0 spiro atoms. The number of Topliss-reactive ketones (excluding diaryl/α,β-unsaturated/α-hetero) is 1. The lowest BCUT2D eigenvalue weighted by Crippen LogP contribution is -2.54. The Morgan fingerprint density at radius 3 is 2.30 bits per heavy atom. The Bertz CT molecular complexity index is 1190. The lowest BCUT2D eigenvalue weighted by molar-refractivity contribution is -0.139. The number of rotatable bonds is 12. The maximum Gasteiger partial charge on any atom is 0.244 e. The van der Waals surface area contributed by atoms with E-state index >= 15 is 0 Å². The van der Waals surface area contributed by atoms with E-state index in [1.165, 1.54) is 17.9 Å². The van der Waals surface area contributed by atoms with Crippen molar-refractivity contribution in [3.05, 3.63) is 65.7 Å². The molecule has 1 aliphatic rings. The minimum atomic E-state index is -3.85. The third kappa shape index (κ3) is 7.89. The highest BCUT2D eigenvalue weighted by atomic mass is 32.2. The number of ketones is 1. The normalized spacial score (nSPS) is 14.7. The molecule has 37 heavy (non-hydrogen) atoms. The van der Waals surface area contributed by atoms with Crippen LogP contribution in [0.1, 0.15) is 61.9 Å². The van der Waals surface area contributed by atoms with Crippen molar-refractivity contribution in [2.24, 2.45) is 0 Å². The van der Waals surface area contributed by atoms with Crippen LogP contribution in [0, 0.1) is 0 Å². The molecule has 0 aliphatic heterocycles. The van der Waals surface area contributed by atoms with Crippen LogP contribution in [-0.2, 0) is 26.0 Å². The Morgan fingerprint density at radius 1 is 1.03 bits per heavy atom. The molecule has 3 rings (SSSR count). The summed E-state index contributed by atoms with van der Waals surface area (Å²) >= 11 is 0. The van der Waals surface area contributed by atoms with Crippen molar-refractivity contribution in [2.45, 2.75) is 64.5 Å². The van der Waals surface area contributed by atoms with Crippen LogP contribution in [0.25, 0.3) is 0 Å². The third-order valence-corrected chi connectivity index (χ3v) is 7.93. The summed E-state index contributed by atoms with van der Waals surface area (Å²) in [7, 11) is -3.85. The van der Waals surface area contributed by atoms with Crippen LogP contribution in [0.15, 0.2) is 54.6 Å². The van der Waals surface area contributed by atoms with E-state index in [4.69, 9.17) is 0 Å². The number of carbonyl (C=O) groups excluding carboxylic acids is 3.